The van der Waals surface area contributed by atoms with Crippen LogP contribution in [0.5, 0.6) is 0 Å². The molecule has 0 bridgehead atoms. The van der Waals surface area contributed by atoms with Gasteiger partial charge in [0, 0.05) is 9.97 Å². The van der Waals surface area contributed by atoms with E-state index in [2.05, 4.69) is 51.7 Å². The SMILES string of the molecule is COC(=O)N[C@@H]1CC=C[C@@H](C)[C@H]1I. The number of alkyl carbamates (subject to hydrolysis) is 1. The summed E-state index contributed by atoms with van der Waals surface area (Å²) in [5.74, 6) is 0.511. The maximum Gasteiger partial charge on any atom is 0.407 e. The highest BCUT2D eigenvalue weighted by Gasteiger charge is 2.26. The molecule has 1 aliphatic carbocycles. The average Bonchev–Trinajstić information content (AvgIpc) is 2.13. The normalized spacial score (nSPS) is 32.7. The second-order valence-electron chi connectivity index (χ2n) is 3.21. The van der Waals surface area contributed by atoms with E-state index in [1.54, 1.807) is 0 Å². The van der Waals surface area contributed by atoms with E-state index in [0.717, 1.165) is 6.42 Å². The van der Waals surface area contributed by atoms with Crippen molar-refractivity contribution in [2.24, 2.45) is 5.92 Å². The minimum atomic E-state index is -0.339. The van der Waals surface area contributed by atoms with Crippen molar-refractivity contribution in [1.82, 2.24) is 5.32 Å². The Balaban J connectivity index is 2.51. The first kappa shape index (κ1) is 10.8. The van der Waals surface area contributed by atoms with E-state index < -0.39 is 0 Å². The van der Waals surface area contributed by atoms with Crippen LogP contribution in [-0.2, 0) is 4.74 Å². The standard InChI is InChI=1S/C9H14INO2/c1-6-4-3-5-7(8(6)10)11-9(12)13-2/h3-4,6-8H,5H2,1-2H3,(H,11,12)/t6-,7-,8-/m1/s1. The smallest absolute Gasteiger partial charge is 0.407 e. The first-order chi connectivity index (χ1) is 6.15. The Morgan fingerprint density at radius 3 is 3.00 bits per heavy atom. The number of rotatable bonds is 1. The van der Waals surface area contributed by atoms with Gasteiger partial charge in [0.25, 0.3) is 0 Å². The highest BCUT2D eigenvalue weighted by Crippen LogP contribution is 2.25. The first-order valence-electron chi connectivity index (χ1n) is 4.30. The summed E-state index contributed by atoms with van der Waals surface area (Å²) in [6, 6.07) is 0.202. The molecule has 0 fully saturated rings. The van der Waals surface area contributed by atoms with E-state index >= 15 is 0 Å². The molecule has 0 unspecified atom stereocenters. The number of methoxy groups -OCH3 is 1. The Kier molecular flexibility index (Phi) is 4.02. The van der Waals surface area contributed by atoms with E-state index in [9.17, 15) is 4.79 Å². The van der Waals surface area contributed by atoms with Crippen molar-refractivity contribution in [3.05, 3.63) is 12.2 Å². The molecule has 0 saturated heterocycles. The fourth-order valence-electron chi connectivity index (χ4n) is 1.39. The lowest BCUT2D eigenvalue weighted by atomic mass is 9.93. The molecule has 4 heteroatoms. The Labute approximate surface area is 92.1 Å². The third-order valence-electron chi connectivity index (χ3n) is 2.20. The molecule has 3 nitrogen and oxygen atoms in total. The third kappa shape index (κ3) is 2.86. The van der Waals surface area contributed by atoms with Crippen molar-refractivity contribution in [3.8, 4) is 0 Å². The second-order valence-corrected chi connectivity index (χ2v) is 4.65. The van der Waals surface area contributed by atoms with Gasteiger partial charge in [0.2, 0.25) is 0 Å². The number of amides is 1. The van der Waals surface area contributed by atoms with Gasteiger partial charge in [0.15, 0.2) is 0 Å². The lowest BCUT2D eigenvalue weighted by Crippen LogP contribution is -2.44. The van der Waals surface area contributed by atoms with Crippen LogP contribution in [0.4, 0.5) is 4.79 Å². The van der Waals surface area contributed by atoms with Crippen LogP contribution in [0.2, 0.25) is 0 Å². The van der Waals surface area contributed by atoms with Crippen LogP contribution >= 0.6 is 22.6 Å². The van der Waals surface area contributed by atoms with Crippen LogP contribution in [0.3, 0.4) is 0 Å². The van der Waals surface area contributed by atoms with E-state index in [1.807, 2.05) is 0 Å². The molecule has 1 N–H and O–H groups in total. The predicted octanol–water partition coefficient (Wildman–Crippen LogP) is 2.11. The van der Waals surface area contributed by atoms with Gasteiger partial charge >= 0.3 is 6.09 Å². The summed E-state index contributed by atoms with van der Waals surface area (Å²) in [5.41, 5.74) is 0. The van der Waals surface area contributed by atoms with Gasteiger partial charge in [-0.15, -0.1) is 0 Å². The summed E-state index contributed by atoms with van der Waals surface area (Å²) < 4.78 is 5.01. The van der Waals surface area contributed by atoms with Crippen molar-refractivity contribution in [1.29, 1.82) is 0 Å². The lowest BCUT2D eigenvalue weighted by molar-refractivity contribution is 0.165. The fourth-order valence-corrected chi connectivity index (χ4v) is 2.10. The van der Waals surface area contributed by atoms with Crippen molar-refractivity contribution in [3.63, 3.8) is 0 Å². The topological polar surface area (TPSA) is 38.3 Å². The van der Waals surface area contributed by atoms with Crippen LogP contribution in [0.25, 0.3) is 0 Å². The first-order valence-corrected chi connectivity index (χ1v) is 5.55. The molecule has 0 heterocycles. The number of ether oxygens (including phenoxy) is 1. The zero-order valence-corrected chi connectivity index (χ0v) is 9.95. The second kappa shape index (κ2) is 4.83. The Morgan fingerprint density at radius 2 is 2.38 bits per heavy atom. The molecule has 0 radical (unpaired) electrons. The van der Waals surface area contributed by atoms with Gasteiger partial charge in [-0.05, 0) is 12.3 Å². The number of alkyl halides is 1. The van der Waals surface area contributed by atoms with Crippen LogP contribution in [0, 0.1) is 5.92 Å². The van der Waals surface area contributed by atoms with Gasteiger partial charge in [-0.3, -0.25) is 0 Å². The highest BCUT2D eigenvalue weighted by atomic mass is 127. The number of allylic oxidation sites excluding steroid dienone is 1. The van der Waals surface area contributed by atoms with Crippen molar-refractivity contribution in [2.45, 2.75) is 23.3 Å². The molecule has 0 aliphatic heterocycles. The summed E-state index contributed by atoms with van der Waals surface area (Å²) >= 11 is 2.37. The van der Waals surface area contributed by atoms with Crippen LogP contribution < -0.4 is 5.32 Å². The molecule has 74 valence electrons. The Hall–Kier alpha value is -0.260. The van der Waals surface area contributed by atoms with E-state index in [4.69, 9.17) is 0 Å². The van der Waals surface area contributed by atoms with Gasteiger partial charge in [-0.2, -0.15) is 0 Å². The minimum absolute atomic E-state index is 0.202. The number of hydrogen-bond donors (Lipinski definition) is 1. The molecule has 13 heavy (non-hydrogen) atoms. The largest absolute Gasteiger partial charge is 0.453 e. The number of halogens is 1. The molecule has 0 saturated carbocycles. The molecule has 0 aromatic rings. The summed E-state index contributed by atoms with van der Waals surface area (Å²) in [5, 5.41) is 2.83. The van der Waals surface area contributed by atoms with Crippen LogP contribution in [-0.4, -0.2) is 23.2 Å². The summed E-state index contributed by atoms with van der Waals surface area (Å²) in [6.45, 7) is 2.15. The van der Waals surface area contributed by atoms with Crippen molar-refractivity contribution < 1.29 is 9.53 Å². The van der Waals surface area contributed by atoms with E-state index in [1.165, 1.54) is 7.11 Å². The van der Waals surface area contributed by atoms with Gasteiger partial charge in [0.05, 0.1) is 7.11 Å². The van der Waals surface area contributed by atoms with Crippen LogP contribution in [0.15, 0.2) is 12.2 Å². The van der Waals surface area contributed by atoms with Gasteiger partial charge in [-0.1, -0.05) is 41.7 Å². The monoisotopic (exact) mass is 295 g/mol. The van der Waals surface area contributed by atoms with E-state index in [0.29, 0.717) is 9.84 Å². The zero-order valence-electron chi connectivity index (χ0n) is 7.79. The molecule has 3 atom stereocenters. The average molecular weight is 295 g/mol. The molecule has 0 spiro atoms. The highest BCUT2D eigenvalue weighted by molar-refractivity contribution is 14.1. The number of hydrogen-bond acceptors (Lipinski definition) is 2. The maximum absolute atomic E-state index is 11.0. The molecule has 0 aromatic carbocycles. The number of carbonyl (C=O) groups excluding carboxylic acids is 1. The van der Waals surface area contributed by atoms with Crippen LogP contribution in [0.1, 0.15) is 13.3 Å². The summed E-state index contributed by atoms with van der Waals surface area (Å²) in [7, 11) is 1.39. The molecule has 1 rings (SSSR count). The third-order valence-corrected chi connectivity index (χ3v) is 4.21. The number of nitrogens with one attached hydrogen (secondary N) is 1. The van der Waals surface area contributed by atoms with Gasteiger partial charge in [0.1, 0.15) is 0 Å². The quantitative estimate of drug-likeness (QED) is 0.457. The summed E-state index contributed by atoms with van der Waals surface area (Å²) in [6.07, 6.45) is 4.86. The van der Waals surface area contributed by atoms with E-state index in [-0.39, 0.29) is 12.1 Å². The molecule has 1 aliphatic rings. The zero-order chi connectivity index (χ0) is 9.84. The molecule has 0 aromatic heterocycles. The van der Waals surface area contributed by atoms with Gasteiger partial charge < -0.3 is 10.1 Å². The molecular formula is C9H14INO2. The molecular weight excluding hydrogens is 281 g/mol. The molecule has 1 amide bonds. The predicted molar refractivity (Wildman–Crippen MR) is 60.1 cm³/mol. The fraction of sp³-hybridized carbons (Fsp3) is 0.667. The van der Waals surface area contributed by atoms with Crippen molar-refractivity contribution >= 4 is 28.7 Å². The number of carbonyl (C=O) groups is 1. The minimum Gasteiger partial charge on any atom is -0.453 e. The Morgan fingerprint density at radius 1 is 1.69 bits per heavy atom. The van der Waals surface area contributed by atoms with Gasteiger partial charge in [-0.25, -0.2) is 4.79 Å². The maximum atomic E-state index is 11.0. The van der Waals surface area contributed by atoms with Crippen molar-refractivity contribution in [2.75, 3.05) is 7.11 Å². The Bertz CT molecular complexity index is 218. The lowest BCUT2D eigenvalue weighted by Gasteiger charge is -2.28. The summed E-state index contributed by atoms with van der Waals surface area (Å²) in [4.78, 5) is 11.0.